The highest BCUT2D eigenvalue weighted by atomic mass is 14.3. The minimum Gasteiger partial charge on any atom is -0.0620 e. The van der Waals surface area contributed by atoms with Gasteiger partial charge in [-0.1, -0.05) is 38.1 Å². The maximum atomic E-state index is 3.51. The van der Waals surface area contributed by atoms with Crippen molar-refractivity contribution in [1.29, 1.82) is 0 Å². The molecule has 0 fully saturated rings. The largest absolute Gasteiger partial charge is 0.0620 e. The maximum Gasteiger partial charge on any atom is 0.0201 e. The van der Waals surface area contributed by atoms with E-state index in [0.29, 0.717) is 5.92 Å². The quantitative estimate of drug-likeness (QED) is 0.544. The van der Waals surface area contributed by atoms with E-state index in [1.807, 2.05) is 0 Å². The third-order valence-electron chi connectivity index (χ3n) is 2.80. The molecule has 0 aliphatic heterocycles. The molecule has 1 aliphatic carbocycles. The second-order valence-electron chi connectivity index (χ2n) is 3.77. The van der Waals surface area contributed by atoms with Gasteiger partial charge in [0.1, 0.15) is 0 Å². The van der Waals surface area contributed by atoms with Gasteiger partial charge in [0.05, 0.1) is 0 Å². The second-order valence-corrected chi connectivity index (χ2v) is 3.77. The van der Waals surface area contributed by atoms with Gasteiger partial charge >= 0.3 is 0 Å². The first-order valence-corrected chi connectivity index (χ1v) is 4.62. The van der Waals surface area contributed by atoms with Crippen molar-refractivity contribution in [3.63, 3.8) is 0 Å². The summed E-state index contributed by atoms with van der Waals surface area (Å²) in [5, 5.41) is 0. The number of benzene rings is 1. The van der Waals surface area contributed by atoms with E-state index in [0.717, 1.165) is 5.92 Å². The Kier molecular flexibility index (Phi) is 1.92. The van der Waals surface area contributed by atoms with E-state index in [1.54, 1.807) is 0 Å². The molecule has 62 valence electrons. The first-order valence-electron chi connectivity index (χ1n) is 4.62. The van der Waals surface area contributed by atoms with Crippen molar-refractivity contribution in [2.24, 2.45) is 11.8 Å². The van der Waals surface area contributed by atoms with Crippen molar-refractivity contribution < 1.29 is 0 Å². The van der Waals surface area contributed by atoms with Crippen molar-refractivity contribution >= 4 is 0 Å². The Hall–Kier alpha value is -0.780. The molecule has 0 N–H and O–H groups in total. The second kappa shape index (κ2) is 2.93. The van der Waals surface area contributed by atoms with Crippen molar-refractivity contribution in [3.8, 4) is 0 Å². The Morgan fingerprint density at radius 2 is 2.00 bits per heavy atom. The van der Waals surface area contributed by atoms with Gasteiger partial charge in [-0.15, -0.1) is 0 Å². The molecule has 12 heavy (non-hydrogen) atoms. The predicted octanol–water partition coefficient (Wildman–Crippen LogP) is 2.94. The van der Waals surface area contributed by atoms with E-state index in [1.165, 1.54) is 17.5 Å². The molecular weight excluding hydrogens is 144 g/mol. The fourth-order valence-electron chi connectivity index (χ4n) is 1.75. The molecule has 1 aromatic rings. The molecule has 2 radical (unpaired) electrons. The van der Waals surface area contributed by atoms with E-state index in [2.05, 4.69) is 44.5 Å². The lowest BCUT2D eigenvalue weighted by Crippen LogP contribution is -2.18. The van der Waals surface area contributed by atoms with Crippen LogP contribution in [0.25, 0.3) is 0 Å². The van der Waals surface area contributed by atoms with E-state index in [9.17, 15) is 0 Å². The molecule has 0 saturated heterocycles. The van der Waals surface area contributed by atoms with Crippen LogP contribution in [0.5, 0.6) is 0 Å². The fraction of sp³-hybridized carbons (Fsp3) is 0.417. The smallest absolute Gasteiger partial charge is 0.0201 e. The fourth-order valence-corrected chi connectivity index (χ4v) is 1.75. The zero-order valence-corrected chi connectivity index (χ0v) is 7.67. The van der Waals surface area contributed by atoms with Gasteiger partial charge in [0.2, 0.25) is 0 Å². The first-order chi connectivity index (χ1) is 5.77. The third-order valence-corrected chi connectivity index (χ3v) is 2.80. The zero-order chi connectivity index (χ0) is 8.55. The van der Waals surface area contributed by atoms with Crippen LogP contribution in [-0.2, 0) is 6.42 Å². The van der Waals surface area contributed by atoms with Crippen LogP contribution < -0.4 is 0 Å². The minimum absolute atomic E-state index is 0.611. The van der Waals surface area contributed by atoms with Gasteiger partial charge in [0.25, 0.3) is 0 Å². The Bertz CT molecular complexity index is 246. The highest BCUT2D eigenvalue weighted by Gasteiger charge is 2.21. The molecule has 2 unspecified atom stereocenters. The van der Waals surface area contributed by atoms with Crippen LogP contribution in [0.15, 0.2) is 24.3 Å². The van der Waals surface area contributed by atoms with E-state index < -0.39 is 0 Å². The molecular formula is C12H14. The van der Waals surface area contributed by atoms with Crippen LogP contribution in [0.1, 0.15) is 25.0 Å². The molecule has 0 bridgehead atoms. The van der Waals surface area contributed by atoms with Crippen molar-refractivity contribution in [2.75, 3.05) is 0 Å². The third kappa shape index (κ3) is 1.26. The summed E-state index contributed by atoms with van der Waals surface area (Å²) in [6.07, 6.45) is 4.72. The summed E-state index contributed by atoms with van der Waals surface area (Å²) >= 11 is 0. The van der Waals surface area contributed by atoms with Gasteiger partial charge in [0, 0.05) is 6.42 Å². The highest BCUT2D eigenvalue weighted by Crippen LogP contribution is 2.30. The lowest BCUT2D eigenvalue weighted by Gasteiger charge is -2.26. The molecule has 0 nitrogen and oxygen atoms in total. The lowest BCUT2D eigenvalue weighted by atomic mass is 9.78. The van der Waals surface area contributed by atoms with E-state index in [-0.39, 0.29) is 0 Å². The summed E-state index contributed by atoms with van der Waals surface area (Å²) < 4.78 is 0. The lowest BCUT2D eigenvalue weighted by molar-refractivity contribution is 0.420. The summed E-state index contributed by atoms with van der Waals surface area (Å²) in [6.45, 7) is 4.55. The summed E-state index contributed by atoms with van der Waals surface area (Å²) in [4.78, 5) is 0. The Labute approximate surface area is 74.6 Å². The maximum absolute atomic E-state index is 3.51. The van der Waals surface area contributed by atoms with Crippen LogP contribution in [0.3, 0.4) is 0 Å². The zero-order valence-electron chi connectivity index (χ0n) is 7.67. The molecule has 2 rings (SSSR count). The summed E-state index contributed by atoms with van der Waals surface area (Å²) in [7, 11) is 0. The Morgan fingerprint density at radius 3 is 2.83 bits per heavy atom. The average molecular weight is 158 g/mol. The summed E-state index contributed by atoms with van der Waals surface area (Å²) in [6, 6.07) is 8.58. The predicted molar refractivity (Wildman–Crippen MR) is 50.8 cm³/mol. The minimum atomic E-state index is 0.611. The van der Waals surface area contributed by atoms with Gasteiger partial charge in [-0.3, -0.25) is 0 Å². The van der Waals surface area contributed by atoms with E-state index in [4.69, 9.17) is 0 Å². The van der Waals surface area contributed by atoms with Crippen LogP contribution in [0.4, 0.5) is 0 Å². The van der Waals surface area contributed by atoms with Crippen molar-refractivity contribution in [1.82, 2.24) is 0 Å². The Morgan fingerprint density at radius 1 is 1.25 bits per heavy atom. The van der Waals surface area contributed by atoms with Gasteiger partial charge in [-0.05, 0) is 29.4 Å². The standard InChI is InChI=1S/C12H14/c1-9-7-11-5-3-4-6-12(11)8-10(9)2/h3-6,9-10H,7H2,1-2H3. The summed E-state index contributed by atoms with van der Waals surface area (Å²) in [5.74, 6) is 1.36. The van der Waals surface area contributed by atoms with Crippen LogP contribution in [0, 0.1) is 18.3 Å². The molecule has 0 aromatic heterocycles. The molecule has 0 amide bonds. The number of rotatable bonds is 0. The first kappa shape index (κ1) is 7.85. The molecule has 0 heterocycles. The van der Waals surface area contributed by atoms with Crippen molar-refractivity contribution in [2.45, 2.75) is 20.3 Å². The average Bonchev–Trinajstić information content (AvgIpc) is 2.07. The molecule has 0 saturated carbocycles. The summed E-state index contributed by atoms with van der Waals surface area (Å²) in [5.41, 5.74) is 2.78. The van der Waals surface area contributed by atoms with Crippen LogP contribution >= 0.6 is 0 Å². The molecule has 2 atom stereocenters. The normalized spacial score (nSPS) is 28.2. The molecule has 0 spiro atoms. The molecule has 1 aliphatic rings. The Balaban J connectivity index is 2.34. The van der Waals surface area contributed by atoms with Crippen molar-refractivity contribution in [3.05, 3.63) is 41.8 Å². The highest BCUT2D eigenvalue weighted by molar-refractivity contribution is 5.36. The van der Waals surface area contributed by atoms with E-state index >= 15 is 0 Å². The van der Waals surface area contributed by atoms with Gasteiger partial charge < -0.3 is 0 Å². The van der Waals surface area contributed by atoms with Crippen LogP contribution in [-0.4, -0.2) is 0 Å². The van der Waals surface area contributed by atoms with Crippen LogP contribution in [0.2, 0.25) is 0 Å². The molecule has 1 aromatic carbocycles. The molecule has 0 heteroatoms. The van der Waals surface area contributed by atoms with Gasteiger partial charge in [-0.25, -0.2) is 0 Å². The number of hydrogen-bond donors (Lipinski definition) is 0. The van der Waals surface area contributed by atoms with Gasteiger partial charge in [-0.2, -0.15) is 0 Å². The topological polar surface area (TPSA) is 0 Å². The number of fused-ring (bicyclic) bond motifs is 1. The SMILES string of the molecule is CC1[C]c2ccccc2CC1C. The van der Waals surface area contributed by atoms with Gasteiger partial charge in [0.15, 0.2) is 0 Å². The monoisotopic (exact) mass is 158 g/mol. The number of hydrogen-bond acceptors (Lipinski definition) is 0.